The van der Waals surface area contributed by atoms with Gasteiger partial charge in [0.15, 0.2) is 0 Å². The third kappa shape index (κ3) is 2.42. The average Bonchev–Trinajstić information content (AvgIpc) is 2.61. The maximum absolute atomic E-state index is 13.2. The molecule has 0 fully saturated rings. The van der Waals surface area contributed by atoms with E-state index in [4.69, 9.17) is 5.11 Å². The van der Waals surface area contributed by atoms with E-state index in [9.17, 15) is 4.39 Å². The molecule has 0 radical (unpaired) electrons. The van der Waals surface area contributed by atoms with Gasteiger partial charge in [-0.05, 0) is 49.4 Å². The van der Waals surface area contributed by atoms with Crippen LogP contribution in [0.25, 0.3) is 0 Å². The van der Waals surface area contributed by atoms with Gasteiger partial charge in [-0.15, -0.1) is 0 Å². The molecule has 0 spiro atoms. The maximum Gasteiger partial charge on any atom is 0.123 e. The lowest BCUT2D eigenvalue weighted by Crippen LogP contribution is -2.30. The molecule has 1 aliphatic rings. The van der Waals surface area contributed by atoms with Gasteiger partial charge in [0, 0.05) is 18.7 Å². The summed E-state index contributed by atoms with van der Waals surface area (Å²) < 4.78 is 13.2. The highest BCUT2D eigenvalue weighted by atomic mass is 19.1. The SMILES string of the molecule is C[C@H](CCO)NC1CCc2ccc(F)cc21. The van der Waals surface area contributed by atoms with Crippen molar-refractivity contribution in [3.8, 4) is 0 Å². The fraction of sp³-hybridized carbons (Fsp3) is 0.538. The number of hydrogen-bond acceptors (Lipinski definition) is 2. The van der Waals surface area contributed by atoms with Crippen molar-refractivity contribution in [2.45, 2.75) is 38.3 Å². The predicted octanol–water partition coefficient (Wildman–Crippen LogP) is 2.17. The van der Waals surface area contributed by atoms with Gasteiger partial charge in [0.1, 0.15) is 5.82 Å². The molecule has 2 atom stereocenters. The van der Waals surface area contributed by atoms with Crippen LogP contribution in [0.4, 0.5) is 4.39 Å². The molecule has 2 nitrogen and oxygen atoms in total. The van der Waals surface area contributed by atoms with Crippen LogP contribution in [0.2, 0.25) is 0 Å². The lowest BCUT2D eigenvalue weighted by Gasteiger charge is -2.19. The number of rotatable bonds is 4. The van der Waals surface area contributed by atoms with Crippen LogP contribution in [0, 0.1) is 5.82 Å². The van der Waals surface area contributed by atoms with Gasteiger partial charge in [0.05, 0.1) is 0 Å². The highest BCUT2D eigenvalue weighted by molar-refractivity contribution is 5.35. The van der Waals surface area contributed by atoms with Crippen LogP contribution < -0.4 is 5.32 Å². The molecule has 88 valence electrons. The highest BCUT2D eigenvalue weighted by Crippen LogP contribution is 2.31. The Morgan fingerprint density at radius 2 is 2.38 bits per heavy atom. The van der Waals surface area contributed by atoms with E-state index in [2.05, 4.69) is 5.32 Å². The summed E-state index contributed by atoms with van der Waals surface area (Å²) in [6, 6.07) is 5.55. The summed E-state index contributed by atoms with van der Waals surface area (Å²) in [5.74, 6) is -0.165. The molecule has 1 aromatic rings. The molecule has 3 heteroatoms. The monoisotopic (exact) mass is 223 g/mol. The summed E-state index contributed by atoms with van der Waals surface area (Å²) in [4.78, 5) is 0. The van der Waals surface area contributed by atoms with E-state index in [-0.39, 0.29) is 24.5 Å². The molecule has 1 unspecified atom stereocenters. The smallest absolute Gasteiger partial charge is 0.123 e. The third-order valence-electron chi connectivity index (χ3n) is 3.23. The molecule has 2 N–H and O–H groups in total. The van der Waals surface area contributed by atoms with Crippen molar-refractivity contribution in [1.29, 1.82) is 0 Å². The van der Waals surface area contributed by atoms with E-state index in [1.807, 2.05) is 13.0 Å². The van der Waals surface area contributed by atoms with Crippen LogP contribution in [0.3, 0.4) is 0 Å². The molecule has 1 aromatic carbocycles. The fourth-order valence-corrected chi connectivity index (χ4v) is 2.37. The van der Waals surface area contributed by atoms with E-state index in [1.54, 1.807) is 6.07 Å². The van der Waals surface area contributed by atoms with Crippen molar-refractivity contribution in [1.82, 2.24) is 5.32 Å². The molecule has 0 saturated carbocycles. The molecule has 0 amide bonds. The highest BCUT2D eigenvalue weighted by Gasteiger charge is 2.23. The minimum absolute atomic E-state index is 0.165. The van der Waals surface area contributed by atoms with Crippen molar-refractivity contribution >= 4 is 0 Å². The Bertz CT molecular complexity index is 367. The quantitative estimate of drug-likeness (QED) is 0.820. The Hall–Kier alpha value is -0.930. The Labute approximate surface area is 95.5 Å². The van der Waals surface area contributed by atoms with E-state index >= 15 is 0 Å². The van der Waals surface area contributed by atoms with Gasteiger partial charge in [0.25, 0.3) is 0 Å². The van der Waals surface area contributed by atoms with E-state index in [1.165, 1.54) is 11.6 Å². The minimum Gasteiger partial charge on any atom is -0.396 e. The van der Waals surface area contributed by atoms with Gasteiger partial charge in [0.2, 0.25) is 0 Å². The zero-order valence-electron chi connectivity index (χ0n) is 9.54. The van der Waals surface area contributed by atoms with Gasteiger partial charge in [-0.2, -0.15) is 0 Å². The Balaban J connectivity index is 2.08. The minimum atomic E-state index is -0.165. The standard InChI is InChI=1S/C13H18FNO/c1-9(6-7-16)15-13-5-3-10-2-4-11(14)8-12(10)13/h2,4,8-9,13,15-16H,3,5-7H2,1H3/t9-,13?/m1/s1. The number of benzene rings is 1. The average molecular weight is 223 g/mol. The third-order valence-corrected chi connectivity index (χ3v) is 3.23. The molecule has 0 aliphatic heterocycles. The Kier molecular flexibility index (Phi) is 3.56. The second-order valence-electron chi connectivity index (χ2n) is 4.51. The first-order chi connectivity index (χ1) is 7.70. The number of aliphatic hydroxyl groups excluding tert-OH is 1. The number of aliphatic hydroxyl groups is 1. The predicted molar refractivity (Wildman–Crippen MR) is 61.8 cm³/mol. The van der Waals surface area contributed by atoms with Gasteiger partial charge < -0.3 is 10.4 Å². The summed E-state index contributed by atoms with van der Waals surface area (Å²) in [6.45, 7) is 2.24. The molecular weight excluding hydrogens is 205 g/mol. The Morgan fingerprint density at radius 3 is 3.12 bits per heavy atom. The number of hydrogen-bond donors (Lipinski definition) is 2. The van der Waals surface area contributed by atoms with Crippen LogP contribution in [0.1, 0.15) is 36.9 Å². The van der Waals surface area contributed by atoms with Crippen molar-refractivity contribution in [3.05, 3.63) is 35.1 Å². The first-order valence-electron chi connectivity index (χ1n) is 5.86. The van der Waals surface area contributed by atoms with Gasteiger partial charge in [-0.1, -0.05) is 6.07 Å². The molecule has 1 aliphatic carbocycles. The summed E-state index contributed by atoms with van der Waals surface area (Å²) in [5.41, 5.74) is 2.33. The first-order valence-corrected chi connectivity index (χ1v) is 5.86. The molecule has 0 heterocycles. The molecule has 0 saturated heterocycles. The molecule has 16 heavy (non-hydrogen) atoms. The lowest BCUT2D eigenvalue weighted by molar-refractivity contribution is 0.263. The maximum atomic E-state index is 13.2. The number of aryl methyl sites for hydroxylation is 1. The van der Waals surface area contributed by atoms with Gasteiger partial charge in [-0.3, -0.25) is 0 Å². The van der Waals surface area contributed by atoms with Crippen molar-refractivity contribution in [2.75, 3.05) is 6.61 Å². The van der Waals surface area contributed by atoms with Crippen molar-refractivity contribution < 1.29 is 9.50 Å². The summed E-state index contributed by atoms with van der Waals surface area (Å²) in [5, 5.41) is 12.3. The van der Waals surface area contributed by atoms with Crippen LogP contribution in [-0.4, -0.2) is 17.8 Å². The largest absolute Gasteiger partial charge is 0.396 e. The number of nitrogens with one attached hydrogen (secondary N) is 1. The zero-order chi connectivity index (χ0) is 11.5. The molecular formula is C13H18FNO. The lowest BCUT2D eigenvalue weighted by atomic mass is 10.1. The summed E-state index contributed by atoms with van der Waals surface area (Å²) in [6.07, 6.45) is 2.77. The second-order valence-corrected chi connectivity index (χ2v) is 4.51. The van der Waals surface area contributed by atoms with Crippen LogP contribution >= 0.6 is 0 Å². The topological polar surface area (TPSA) is 32.3 Å². The van der Waals surface area contributed by atoms with Gasteiger partial charge >= 0.3 is 0 Å². The second kappa shape index (κ2) is 4.93. The first kappa shape index (κ1) is 11.6. The summed E-state index contributed by atoms with van der Waals surface area (Å²) >= 11 is 0. The van der Waals surface area contributed by atoms with Gasteiger partial charge in [-0.25, -0.2) is 4.39 Å². The van der Waals surface area contributed by atoms with Crippen LogP contribution in [0.5, 0.6) is 0 Å². The number of fused-ring (bicyclic) bond motifs is 1. The van der Waals surface area contributed by atoms with Crippen LogP contribution in [-0.2, 0) is 6.42 Å². The normalized spacial score (nSPS) is 20.8. The molecule has 0 bridgehead atoms. The molecule has 0 aromatic heterocycles. The van der Waals surface area contributed by atoms with E-state index < -0.39 is 0 Å². The van der Waals surface area contributed by atoms with E-state index in [0.717, 1.165) is 24.8 Å². The van der Waals surface area contributed by atoms with Crippen molar-refractivity contribution in [2.24, 2.45) is 0 Å². The Morgan fingerprint density at radius 1 is 1.56 bits per heavy atom. The fourth-order valence-electron chi connectivity index (χ4n) is 2.37. The number of halogens is 1. The van der Waals surface area contributed by atoms with Crippen molar-refractivity contribution in [3.63, 3.8) is 0 Å². The van der Waals surface area contributed by atoms with E-state index in [0.29, 0.717) is 0 Å². The molecule has 2 rings (SSSR count). The summed E-state index contributed by atoms with van der Waals surface area (Å²) in [7, 11) is 0. The van der Waals surface area contributed by atoms with Crippen LogP contribution in [0.15, 0.2) is 18.2 Å². The zero-order valence-corrected chi connectivity index (χ0v) is 9.54.